The molecule has 0 amide bonds. The van der Waals surface area contributed by atoms with E-state index in [1.807, 2.05) is 0 Å². The Kier molecular flexibility index (Phi) is 0.927. The summed E-state index contributed by atoms with van der Waals surface area (Å²) in [7, 11) is 0. The third kappa shape index (κ3) is 0.911. The molecule has 0 heterocycles. The Morgan fingerprint density at radius 3 is 2.12 bits per heavy atom. The number of rotatable bonds is 0. The average Bonchev–Trinajstić information content (AvgIpc) is 1.82. The second kappa shape index (κ2) is 1.37. The van der Waals surface area contributed by atoms with Crippen molar-refractivity contribution in [2.45, 2.75) is 5.92 Å². The highest BCUT2D eigenvalue weighted by atomic mass is 19.3. The SMILES string of the molecule is FC1=CC(F)(F)C=C1. The second-order valence-electron chi connectivity index (χ2n) is 1.54. The summed E-state index contributed by atoms with van der Waals surface area (Å²) in [4.78, 5) is 0. The Morgan fingerprint density at radius 1 is 1.38 bits per heavy atom. The van der Waals surface area contributed by atoms with E-state index in [2.05, 4.69) is 0 Å². The minimum Gasteiger partial charge on any atom is -0.207 e. The Morgan fingerprint density at radius 2 is 2.00 bits per heavy atom. The molecule has 0 nitrogen and oxygen atoms in total. The number of alkyl halides is 2. The van der Waals surface area contributed by atoms with Crippen molar-refractivity contribution in [1.82, 2.24) is 0 Å². The van der Waals surface area contributed by atoms with E-state index in [1.165, 1.54) is 0 Å². The van der Waals surface area contributed by atoms with Gasteiger partial charge in [-0.2, -0.15) is 8.78 Å². The molecule has 0 bridgehead atoms. The summed E-state index contributed by atoms with van der Waals surface area (Å²) in [5.74, 6) is -3.92. The molecule has 0 fully saturated rings. The molecular weight excluding hydrogens is 117 g/mol. The molecule has 8 heavy (non-hydrogen) atoms. The zero-order valence-corrected chi connectivity index (χ0v) is 3.87. The topological polar surface area (TPSA) is 0 Å². The molecule has 1 aliphatic rings. The number of hydrogen-bond acceptors (Lipinski definition) is 0. The average molecular weight is 120 g/mol. The molecule has 3 heteroatoms. The van der Waals surface area contributed by atoms with Crippen LogP contribution in [0.4, 0.5) is 13.2 Å². The van der Waals surface area contributed by atoms with Gasteiger partial charge in [-0.15, -0.1) is 0 Å². The van der Waals surface area contributed by atoms with Gasteiger partial charge in [-0.25, -0.2) is 4.39 Å². The lowest BCUT2D eigenvalue weighted by atomic mass is 10.4. The third-order valence-electron chi connectivity index (χ3n) is 0.795. The summed E-state index contributed by atoms with van der Waals surface area (Å²) in [5.41, 5.74) is 0. The molecule has 0 aromatic carbocycles. The summed E-state index contributed by atoms with van der Waals surface area (Å²) in [5, 5.41) is 0. The molecule has 1 aliphatic carbocycles. The first-order valence-corrected chi connectivity index (χ1v) is 2.05. The highest BCUT2D eigenvalue weighted by molar-refractivity contribution is 5.28. The molecule has 0 aliphatic heterocycles. The lowest BCUT2D eigenvalue weighted by Crippen LogP contribution is -2.02. The fourth-order valence-corrected chi connectivity index (χ4v) is 0.471. The van der Waals surface area contributed by atoms with Gasteiger partial charge < -0.3 is 0 Å². The highest BCUT2D eigenvalue weighted by Crippen LogP contribution is 2.26. The van der Waals surface area contributed by atoms with Crippen molar-refractivity contribution in [2.24, 2.45) is 0 Å². The maximum Gasteiger partial charge on any atom is 0.288 e. The van der Waals surface area contributed by atoms with Gasteiger partial charge in [0.2, 0.25) is 0 Å². The van der Waals surface area contributed by atoms with Gasteiger partial charge in [0.1, 0.15) is 5.83 Å². The van der Waals surface area contributed by atoms with Crippen molar-refractivity contribution < 1.29 is 13.2 Å². The standard InChI is InChI=1S/C5H3F3/c6-4-1-2-5(7,8)3-4/h1-3H. The zero-order chi connectivity index (χ0) is 6.20. The fraction of sp³-hybridized carbons (Fsp3) is 0.200. The van der Waals surface area contributed by atoms with E-state index in [1.54, 1.807) is 0 Å². The molecule has 0 atom stereocenters. The van der Waals surface area contributed by atoms with Gasteiger partial charge in [0.25, 0.3) is 5.92 Å². The Hall–Kier alpha value is -0.730. The zero-order valence-electron chi connectivity index (χ0n) is 3.87. The van der Waals surface area contributed by atoms with Gasteiger partial charge in [0.05, 0.1) is 0 Å². The summed E-state index contributed by atoms with van der Waals surface area (Å²) in [6.07, 6.45) is 1.54. The second-order valence-corrected chi connectivity index (χ2v) is 1.54. The monoisotopic (exact) mass is 120 g/mol. The van der Waals surface area contributed by atoms with Crippen LogP contribution in [0.1, 0.15) is 0 Å². The van der Waals surface area contributed by atoms with Gasteiger partial charge in [-0.05, 0) is 12.2 Å². The van der Waals surface area contributed by atoms with Crippen molar-refractivity contribution in [2.75, 3.05) is 0 Å². The molecule has 0 aromatic rings. The van der Waals surface area contributed by atoms with Crippen LogP contribution in [0.2, 0.25) is 0 Å². The van der Waals surface area contributed by atoms with Crippen molar-refractivity contribution in [3.63, 3.8) is 0 Å². The van der Waals surface area contributed by atoms with Gasteiger partial charge in [-0.3, -0.25) is 0 Å². The molecule has 0 radical (unpaired) electrons. The minimum atomic E-state index is -3.05. The number of allylic oxidation sites excluding steroid dienone is 4. The summed E-state index contributed by atoms with van der Waals surface area (Å²) < 4.78 is 35.3. The minimum absolute atomic E-state index is 0.271. The van der Waals surface area contributed by atoms with Gasteiger partial charge in [-0.1, -0.05) is 0 Å². The van der Waals surface area contributed by atoms with Gasteiger partial charge in [0, 0.05) is 6.08 Å². The lowest BCUT2D eigenvalue weighted by Gasteiger charge is -1.96. The third-order valence-corrected chi connectivity index (χ3v) is 0.795. The van der Waals surface area contributed by atoms with Crippen molar-refractivity contribution >= 4 is 0 Å². The summed E-state index contributed by atoms with van der Waals surface area (Å²) in [6, 6.07) is 0. The maximum absolute atomic E-state index is 11.8. The first-order valence-electron chi connectivity index (χ1n) is 2.05. The van der Waals surface area contributed by atoms with Crippen molar-refractivity contribution in [3.05, 3.63) is 24.1 Å². The van der Waals surface area contributed by atoms with Gasteiger partial charge >= 0.3 is 0 Å². The highest BCUT2D eigenvalue weighted by Gasteiger charge is 2.26. The molecule has 0 saturated carbocycles. The normalized spacial score (nSPS) is 23.6. The quantitative estimate of drug-likeness (QED) is 0.459. The smallest absolute Gasteiger partial charge is 0.207 e. The lowest BCUT2D eigenvalue weighted by molar-refractivity contribution is 0.113. The van der Waals surface area contributed by atoms with Crippen LogP contribution in [0.15, 0.2) is 24.1 Å². The van der Waals surface area contributed by atoms with Crippen LogP contribution in [0, 0.1) is 0 Å². The largest absolute Gasteiger partial charge is 0.288 e. The predicted molar refractivity (Wildman–Crippen MR) is 23.3 cm³/mol. The van der Waals surface area contributed by atoms with Crippen LogP contribution in [0.5, 0.6) is 0 Å². The first kappa shape index (κ1) is 5.41. The summed E-state index contributed by atoms with van der Waals surface area (Å²) >= 11 is 0. The van der Waals surface area contributed by atoms with Crippen LogP contribution in [-0.4, -0.2) is 5.92 Å². The molecule has 0 aromatic heterocycles. The molecule has 44 valence electrons. The van der Waals surface area contributed by atoms with E-state index in [0.29, 0.717) is 6.08 Å². The maximum atomic E-state index is 11.8. The van der Waals surface area contributed by atoms with Crippen LogP contribution < -0.4 is 0 Å². The molecule has 0 saturated heterocycles. The van der Waals surface area contributed by atoms with E-state index < -0.39 is 11.7 Å². The first-order chi connectivity index (χ1) is 3.60. The van der Waals surface area contributed by atoms with E-state index >= 15 is 0 Å². The van der Waals surface area contributed by atoms with Crippen molar-refractivity contribution in [1.29, 1.82) is 0 Å². The fourth-order valence-electron chi connectivity index (χ4n) is 0.471. The molecule has 0 N–H and O–H groups in total. The van der Waals surface area contributed by atoms with Crippen LogP contribution in [-0.2, 0) is 0 Å². The molecule has 0 spiro atoms. The Balaban J connectivity index is 2.84. The van der Waals surface area contributed by atoms with Gasteiger partial charge in [0.15, 0.2) is 0 Å². The van der Waals surface area contributed by atoms with Crippen molar-refractivity contribution in [3.8, 4) is 0 Å². The Bertz CT molecular complexity index is 155. The van der Waals surface area contributed by atoms with Crippen LogP contribution >= 0.6 is 0 Å². The summed E-state index contributed by atoms with van der Waals surface area (Å²) in [6.45, 7) is 0. The van der Waals surface area contributed by atoms with E-state index in [-0.39, 0.29) is 6.08 Å². The molecule has 0 unspecified atom stereocenters. The molecule has 1 rings (SSSR count). The van der Waals surface area contributed by atoms with Crippen LogP contribution in [0.3, 0.4) is 0 Å². The number of hydrogen-bond donors (Lipinski definition) is 0. The van der Waals surface area contributed by atoms with E-state index in [9.17, 15) is 13.2 Å². The molecular formula is C5H3F3. The van der Waals surface area contributed by atoms with E-state index in [4.69, 9.17) is 0 Å². The predicted octanol–water partition coefficient (Wildman–Crippen LogP) is 2.04. The number of halogens is 3. The van der Waals surface area contributed by atoms with E-state index in [0.717, 1.165) is 6.08 Å². The van der Waals surface area contributed by atoms with Crippen LogP contribution in [0.25, 0.3) is 0 Å². The Labute approximate surface area is 44.3 Å².